The molecule has 106 valence electrons. The maximum absolute atomic E-state index is 11.8. The van der Waals surface area contributed by atoms with Gasteiger partial charge in [0.15, 0.2) is 0 Å². The zero-order valence-corrected chi connectivity index (χ0v) is 11.4. The molecule has 0 atom stereocenters. The van der Waals surface area contributed by atoms with Crippen molar-refractivity contribution in [2.45, 2.75) is 26.4 Å². The van der Waals surface area contributed by atoms with E-state index in [4.69, 9.17) is 4.42 Å². The molecular formula is C13H17N5O2. The third-order valence-electron chi connectivity index (χ3n) is 3.60. The van der Waals surface area contributed by atoms with Crippen LogP contribution in [0.25, 0.3) is 11.6 Å². The number of hydrogen-bond acceptors (Lipinski definition) is 6. The Labute approximate surface area is 116 Å². The van der Waals surface area contributed by atoms with E-state index in [2.05, 4.69) is 26.9 Å². The number of nitrogens with zero attached hydrogens (tertiary/aromatic N) is 5. The smallest absolute Gasteiger partial charge is 0.386 e. The highest BCUT2D eigenvalue weighted by atomic mass is 16.4. The number of hydrogen-bond donors (Lipinski definition) is 0. The molecule has 0 bridgehead atoms. The van der Waals surface area contributed by atoms with Gasteiger partial charge in [0.05, 0.1) is 6.20 Å². The van der Waals surface area contributed by atoms with Crippen LogP contribution in [-0.4, -0.2) is 37.7 Å². The van der Waals surface area contributed by atoms with Crippen LogP contribution in [0.1, 0.15) is 19.8 Å². The Morgan fingerprint density at radius 2 is 2.15 bits per heavy atom. The van der Waals surface area contributed by atoms with Gasteiger partial charge in [-0.3, -0.25) is 9.88 Å². The second-order valence-corrected chi connectivity index (χ2v) is 5.21. The Hall–Kier alpha value is -2.02. The first-order valence-corrected chi connectivity index (χ1v) is 6.79. The molecule has 2 aromatic rings. The lowest BCUT2D eigenvalue weighted by atomic mass is 10.00. The molecule has 2 aromatic heterocycles. The van der Waals surface area contributed by atoms with Crippen molar-refractivity contribution in [1.82, 2.24) is 24.6 Å². The van der Waals surface area contributed by atoms with Crippen molar-refractivity contribution in [3.05, 3.63) is 29.1 Å². The van der Waals surface area contributed by atoms with Crippen LogP contribution in [0, 0.1) is 5.92 Å². The highest BCUT2D eigenvalue weighted by Crippen LogP contribution is 2.16. The van der Waals surface area contributed by atoms with Crippen LogP contribution in [0.4, 0.5) is 0 Å². The molecule has 1 aliphatic heterocycles. The normalized spacial score (nSPS) is 17.4. The summed E-state index contributed by atoms with van der Waals surface area (Å²) in [5.74, 6) is 0.521. The minimum Gasteiger partial charge on any atom is -0.386 e. The summed E-state index contributed by atoms with van der Waals surface area (Å²) in [4.78, 5) is 22.0. The summed E-state index contributed by atoms with van der Waals surface area (Å²) in [5.41, 5.74) is 0.468. The molecule has 0 unspecified atom stereocenters. The van der Waals surface area contributed by atoms with E-state index in [9.17, 15) is 4.79 Å². The van der Waals surface area contributed by atoms with Crippen molar-refractivity contribution in [2.75, 3.05) is 13.1 Å². The fourth-order valence-electron chi connectivity index (χ4n) is 2.30. The molecule has 7 nitrogen and oxygen atoms in total. The third kappa shape index (κ3) is 2.77. The Bertz CT molecular complexity index is 613. The van der Waals surface area contributed by atoms with Crippen molar-refractivity contribution in [2.24, 2.45) is 5.92 Å². The molecular weight excluding hydrogens is 258 g/mol. The van der Waals surface area contributed by atoms with Gasteiger partial charge in [-0.25, -0.2) is 9.78 Å². The fourth-order valence-corrected chi connectivity index (χ4v) is 2.30. The van der Waals surface area contributed by atoms with E-state index >= 15 is 0 Å². The fraction of sp³-hybridized carbons (Fsp3) is 0.538. The van der Waals surface area contributed by atoms with Gasteiger partial charge >= 0.3 is 5.76 Å². The standard InChI is InChI=1S/C13H17N5O2/c1-10-2-6-17(7-3-10)9-18-13(19)20-12(16-18)11-8-14-4-5-15-11/h4-5,8,10H,2-3,6-7,9H2,1H3. The monoisotopic (exact) mass is 275 g/mol. The van der Waals surface area contributed by atoms with Crippen LogP contribution in [0.2, 0.25) is 0 Å². The first-order chi connectivity index (χ1) is 9.72. The zero-order valence-electron chi connectivity index (χ0n) is 11.4. The molecule has 0 aromatic carbocycles. The second-order valence-electron chi connectivity index (χ2n) is 5.21. The summed E-state index contributed by atoms with van der Waals surface area (Å²) in [5, 5.41) is 4.19. The van der Waals surface area contributed by atoms with Crippen LogP contribution in [0.3, 0.4) is 0 Å². The highest BCUT2D eigenvalue weighted by Gasteiger charge is 2.18. The Morgan fingerprint density at radius 3 is 2.85 bits per heavy atom. The highest BCUT2D eigenvalue weighted by molar-refractivity contribution is 5.42. The maximum Gasteiger partial charge on any atom is 0.438 e. The average Bonchev–Trinajstić information content (AvgIpc) is 2.84. The lowest BCUT2D eigenvalue weighted by molar-refractivity contribution is 0.143. The van der Waals surface area contributed by atoms with Gasteiger partial charge in [0.25, 0.3) is 5.89 Å². The number of piperidine rings is 1. The molecule has 0 amide bonds. The van der Waals surface area contributed by atoms with Gasteiger partial charge in [0, 0.05) is 25.5 Å². The van der Waals surface area contributed by atoms with E-state index in [-0.39, 0.29) is 5.89 Å². The summed E-state index contributed by atoms with van der Waals surface area (Å²) in [6.07, 6.45) is 6.94. The first kappa shape index (κ1) is 13.0. The van der Waals surface area contributed by atoms with Gasteiger partial charge in [-0.15, -0.1) is 5.10 Å². The minimum absolute atomic E-state index is 0.216. The van der Waals surface area contributed by atoms with E-state index in [1.54, 1.807) is 12.4 Å². The van der Waals surface area contributed by atoms with E-state index < -0.39 is 5.76 Å². The molecule has 20 heavy (non-hydrogen) atoms. The van der Waals surface area contributed by atoms with Crippen LogP contribution in [-0.2, 0) is 6.67 Å². The van der Waals surface area contributed by atoms with Gasteiger partial charge in [-0.1, -0.05) is 6.92 Å². The Balaban J connectivity index is 1.75. The molecule has 0 radical (unpaired) electrons. The summed E-state index contributed by atoms with van der Waals surface area (Å²) >= 11 is 0. The molecule has 1 fully saturated rings. The summed E-state index contributed by atoms with van der Waals surface area (Å²) in [6.45, 7) is 4.70. The largest absolute Gasteiger partial charge is 0.438 e. The first-order valence-electron chi connectivity index (χ1n) is 6.79. The Morgan fingerprint density at radius 1 is 1.35 bits per heavy atom. The van der Waals surface area contributed by atoms with Gasteiger partial charge in [-0.2, -0.15) is 4.68 Å². The molecule has 3 heterocycles. The van der Waals surface area contributed by atoms with Crippen molar-refractivity contribution >= 4 is 0 Å². The van der Waals surface area contributed by atoms with E-state index in [1.807, 2.05) is 0 Å². The predicted octanol–water partition coefficient (Wildman–Crippen LogP) is 0.983. The Kier molecular flexibility index (Phi) is 3.60. The van der Waals surface area contributed by atoms with E-state index in [0.717, 1.165) is 31.8 Å². The average molecular weight is 275 g/mol. The molecule has 0 aliphatic carbocycles. The number of rotatable bonds is 3. The van der Waals surface area contributed by atoms with Crippen LogP contribution in [0.15, 0.2) is 27.8 Å². The third-order valence-corrected chi connectivity index (χ3v) is 3.60. The van der Waals surface area contributed by atoms with Gasteiger partial charge < -0.3 is 4.42 Å². The minimum atomic E-state index is -0.454. The maximum atomic E-state index is 11.8. The number of aromatic nitrogens is 4. The van der Waals surface area contributed by atoms with Crippen LogP contribution < -0.4 is 5.76 Å². The van der Waals surface area contributed by atoms with Crippen molar-refractivity contribution in [3.63, 3.8) is 0 Å². The molecule has 7 heteroatoms. The lowest BCUT2D eigenvalue weighted by Crippen LogP contribution is -2.37. The molecule has 3 rings (SSSR count). The lowest BCUT2D eigenvalue weighted by Gasteiger charge is -2.29. The van der Waals surface area contributed by atoms with Crippen LogP contribution >= 0.6 is 0 Å². The molecule has 0 saturated carbocycles. The van der Waals surface area contributed by atoms with E-state index in [1.165, 1.54) is 10.9 Å². The summed E-state index contributed by atoms with van der Waals surface area (Å²) in [7, 11) is 0. The molecule has 1 saturated heterocycles. The van der Waals surface area contributed by atoms with Crippen LogP contribution in [0.5, 0.6) is 0 Å². The van der Waals surface area contributed by atoms with E-state index in [0.29, 0.717) is 12.4 Å². The number of likely N-dealkylation sites (tertiary alicyclic amines) is 1. The molecule has 1 aliphatic rings. The van der Waals surface area contributed by atoms with Gasteiger partial charge in [0.1, 0.15) is 12.4 Å². The van der Waals surface area contributed by atoms with Gasteiger partial charge in [-0.05, 0) is 18.8 Å². The summed E-state index contributed by atoms with van der Waals surface area (Å²) in [6, 6.07) is 0. The zero-order chi connectivity index (χ0) is 13.9. The molecule has 0 spiro atoms. The molecule has 0 N–H and O–H groups in total. The second kappa shape index (κ2) is 5.54. The topological polar surface area (TPSA) is 77.1 Å². The van der Waals surface area contributed by atoms with Crippen molar-refractivity contribution in [3.8, 4) is 11.6 Å². The van der Waals surface area contributed by atoms with Crippen molar-refractivity contribution in [1.29, 1.82) is 0 Å². The SMILES string of the molecule is CC1CCN(Cn2nc(-c3cnccn3)oc2=O)CC1. The quantitative estimate of drug-likeness (QED) is 0.831. The van der Waals surface area contributed by atoms with Gasteiger partial charge in [0.2, 0.25) is 0 Å². The predicted molar refractivity (Wildman–Crippen MR) is 71.8 cm³/mol. The summed E-state index contributed by atoms with van der Waals surface area (Å²) < 4.78 is 6.48. The van der Waals surface area contributed by atoms with Crippen molar-refractivity contribution < 1.29 is 4.42 Å².